The lowest BCUT2D eigenvalue weighted by Gasteiger charge is -2.25. The maximum absolute atomic E-state index is 13.8. The number of carbonyl (C=O) groups is 2. The fourth-order valence-electron chi connectivity index (χ4n) is 4.17. The number of amidine groups is 1. The lowest BCUT2D eigenvalue weighted by Crippen LogP contribution is -2.45. The Balaban J connectivity index is 1.66. The van der Waals surface area contributed by atoms with Crippen LogP contribution in [0.2, 0.25) is 5.02 Å². The van der Waals surface area contributed by atoms with Crippen LogP contribution in [-0.4, -0.2) is 60.0 Å². The molecule has 2 fully saturated rings. The van der Waals surface area contributed by atoms with Gasteiger partial charge in [0, 0.05) is 17.4 Å². The molecule has 2 aromatic carbocycles. The number of hydrogen-bond acceptors (Lipinski definition) is 6. The number of fused-ring (bicyclic) bond motifs is 1. The maximum atomic E-state index is 13.8. The molecule has 12 heteroatoms. The fraction of sp³-hybridized carbons (Fsp3) is 0.400. The van der Waals surface area contributed by atoms with E-state index >= 15 is 0 Å². The molecule has 3 atom stereocenters. The third-order valence-electron chi connectivity index (χ3n) is 5.73. The molecule has 2 aromatic rings. The van der Waals surface area contributed by atoms with E-state index in [0.717, 1.165) is 5.56 Å². The number of halogens is 2. The number of alkyl carbamates (subject to hydrolysis) is 1. The van der Waals surface area contributed by atoms with Gasteiger partial charge in [-0.15, -0.1) is 0 Å². The van der Waals surface area contributed by atoms with E-state index in [4.69, 9.17) is 16.3 Å². The lowest BCUT2D eigenvalue weighted by molar-refractivity contribution is -0.119. The molecule has 2 amide bonds. The Morgan fingerprint density at radius 3 is 2.57 bits per heavy atom. The van der Waals surface area contributed by atoms with Crippen molar-refractivity contribution in [3.63, 3.8) is 0 Å². The van der Waals surface area contributed by atoms with Crippen LogP contribution in [0.1, 0.15) is 26.3 Å². The molecule has 2 aliphatic heterocycles. The average Bonchev–Trinajstić information content (AvgIpc) is 3.25. The molecule has 0 saturated carbocycles. The Bertz CT molecular complexity index is 1330. The number of thioether (sulfide) groups is 1. The van der Waals surface area contributed by atoms with Crippen molar-refractivity contribution in [2.24, 2.45) is 4.99 Å². The first-order chi connectivity index (χ1) is 17.3. The highest BCUT2D eigenvalue weighted by atomic mass is 35.5. The molecule has 0 radical (unpaired) electrons. The first-order valence-corrected chi connectivity index (χ1v) is 14.7. The summed E-state index contributed by atoms with van der Waals surface area (Å²) < 4.78 is 43.8. The van der Waals surface area contributed by atoms with Crippen molar-refractivity contribution < 1.29 is 27.1 Å². The summed E-state index contributed by atoms with van der Waals surface area (Å²) in [6, 6.07) is 11.7. The molecule has 2 heterocycles. The van der Waals surface area contributed by atoms with Crippen LogP contribution in [0.15, 0.2) is 53.5 Å². The zero-order chi connectivity index (χ0) is 27.0. The minimum atomic E-state index is -3.29. The summed E-state index contributed by atoms with van der Waals surface area (Å²) in [4.78, 5) is 31.9. The van der Waals surface area contributed by atoms with Crippen LogP contribution >= 0.6 is 23.4 Å². The minimum absolute atomic E-state index is 0.0649. The van der Waals surface area contributed by atoms with E-state index in [1.807, 2.05) is 30.3 Å². The molecular formula is C25H27ClFN3O5S2. The molecule has 0 unspecified atom stereocenters. The van der Waals surface area contributed by atoms with Crippen LogP contribution in [0.4, 0.5) is 14.9 Å². The quantitative estimate of drug-likeness (QED) is 0.577. The average molecular weight is 568 g/mol. The second-order valence-corrected chi connectivity index (χ2v) is 13.7. The molecule has 0 aliphatic carbocycles. The molecule has 2 aliphatic rings. The number of nitrogens with zero attached hydrogens (tertiary/aromatic N) is 2. The van der Waals surface area contributed by atoms with Gasteiger partial charge >= 0.3 is 6.09 Å². The fourth-order valence-corrected chi connectivity index (χ4v) is 8.27. The van der Waals surface area contributed by atoms with Crippen LogP contribution in [0.3, 0.4) is 0 Å². The lowest BCUT2D eigenvalue weighted by atomic mass is 10.1. The van der Waals surface area contributed by atoms with Gasteiger partial charge in [0.2, 0.25) is 0 Å². The van der Waals surface area contributed by atoms with Crippen molar-refractivity contribution in [3.8, 4) is 0 Å². The Hall–Kier alpha value is -2.63. The van der Waals surface area contributed by atoms with Gasteiger partial charge < -0.3 is 15.0 Å². The second-order valence-electron chi connectivity index (χ2n) is 9.89. The Morgan fingerprint density at radius 1 is 1.22 bits per heavy atom. The van der Waals surface area contributed by atoms with Crippen molar-refractivity contribution >= 4 is 56.1 Å². The first kappa shape index (κ1) is 27.4. The van der Waals surface area contributed by atoms with Gasteiger partial charge in [0.1, 0.15) is 17.5 Å². The van der Waals surface area contributed by atoms with Gasteiger partial charge in [-0.1, -0.05) is 53.7 Å². The monoisotopic (exact) mass is 567 g/mol. The number of amides is 2. The van der Waals surface area contributed by atoms with Gasteiger partial charge in [0.25, 0.3) is 5.91 Å². The number of carbonyl (C=O) groups excluding carboxylic acids is 2. The van der Waals surface area contributed by atoms with Gasteiger partial charge in [0.15, 0.2) is 15.0 Å². The van der Waals surface area contributed by atoms with E-state index in [1.165, 1.54) is 30.0 Å². The van der Waals surface area contributed by atoms with Crippen LogP contribution < -0.4 is 10.2 Å². The normalized spacial score (nSPS) is 22.5. The largest absolute Gasteiger partial charge is 0.444 e. The van der Waals surface area contributed by atoms with E-state index in [-0.39, 0.29) is 33.4 Å². The van der Waals surface area contributed by atoms with Gasteiger partial charge in [-0.2, -0.15) is 4.99 Å². The zero-order valence-electron chi connectivity index (χ0n) is 20.5. The topological polar surface area (TPSA) is 105 Å². The van der Waals surface area contributed by atoms with Crippen LogP contribution in [0.25, 0.3) is 0 Å². The van der Waals surface area contributed by atoms with E-state index in [2.05, 4.69) is 10.3 Å². The summed E-state index contributed by atoms with van der Waals surface area (Å²) in [7, 11) is -3.29. The molecule has 1 N–H and O–H groups in total. The Labute approximate surface area is 224 Å². The minimum Gasteiger partial charge on any atom is -0.444 e. The Morgan fingerprint density at radius 2 is 1.92 bits per heavy atom. The van der Waals surface area contributed by atoms with Gasteiger partial charge in [-0.25, -0.2) is 17.6 Å². The molecule has 0 bridgehead atoms. The molecule has 198 valence electrons. The predicted octanol–water partition coefficient (Wildman–Crippen LogP) is 4.22. The molecule has 0 spiro atoms. The highest BCUT2D eigenvalue weighted by Crippen LogP contribution is 2.41. The number of aliphatic imine (C=N–C) groups is 1. The smallest absolute Gasteiger partial charge is 0.408 e. The number of hydrogen-bond donors (Lipinski definition) is 1. The van der Waals surface area contributed by atoms with Crippen LogP contribution in [0, 0.1) is 5.82 Å². The summed E-state index contributed by atoms with van der Waals surface area (Å²) >= 11 is 7.17. The summed E-state index contributed by atoms with van der Waals surface area (Å²) in [5, 5.41) is 2.40. The highest BCUT2D eigenvalue weighted by Gasteiger charge is 2.49. The van der Waals surface area contributed by atoms with E-state index < -0.39 is 45.3 Å². The predicted molar refractivity (Wildman–Crippen MR) is 143 cm³/mol. The van der Waals surface area contributed by atoms with Gasteiger partial charge in [-0.05, 0) is 44.5 Å². The van der Waals surface area contributed by atoms with Crippen molar-refractivity contribution in [3.05, 3.63) is 64.9 Å². The Kier molecular flexibility index (Phi) is 7.87. The number of anilines is 1. The number of sulfone groups is 1. The number of rotatable bonds is 5. The zero-order valence-corrected chi connectivity index (χ0v) is 22.9. The van der Waals surface area contributed by atoms with E-state index in [0.29, 0.717) is 5.69 Å². The summed E-state index contributed by atoms with van der Waals surface area (Å²) in [6.45, 7) is 5.15. The van der Waals surface area contributed by atoms with E-state index in [9.17, 15) is 22.4 Å². The summed E-state index contributed by atoms with van der Waals surface area (Å²) in [6.07, 6.45) is -0.588. The van der Waals surface area contributed by atoms with Crippen molar-refractivity contribution in [2.75, 3.05) is 16.4 Å². The first-order valence-electron chi connectivity index (χ1n) is 11.6. The van der Waals surface area contributed by atoms with Crippen LogP contribution in [0.5, 0.6) is 0 Å². The van der Waals surface area contributed by atoms with Crippen molar-refractivity contribution in [2.45, 2.75) is 50.1 Å². The molecular weight excluding hydrogens is 541 g/mol. The second kappa shape index (κ2) is 10.6. The van der Waals surface area contributed by atoms with Gasteiger partial charge in [-0.3, -0.25) is 4.79 Å². The van der Waals surface area contributed by atoms with Crippen LogP contribution in [-0.2, 0) is 25.8 Å². The maximum Gasteiger partial charge on any atom is 0.408 e. The number of ether oxygens (including phenoxy) is 1. The third kappa shape index (κ3) is 6.82. The SMILES string of the molecule is CC(C)(C)OC(=O)N[C@@H](Cc1ccccc1)C(=O)N=C1S[C@H]2CS(=O)(=O)C[C@H]2N1c1ccc(F)c(Cl)c1. The molecule has 4 rings (SSSR count). The summed E-state index contributed by atoms with van der Waals surface area (Å²) in [5.74, 6) is -1.44. The van der Waals surface area contributed by atoms with Gasteiger partial charge in [0.05, 0.1) is 22.6 Å². The number of nitrogens with one attached hydrogen (secondary N) is 1. The summed E-state index contributed by atoms with van der Waals surface area (Å²) in [5.41, 5.74) is 0.468. The van der Waals surface area contributed by atoms with Crippen molar-refractivity contribution in [1.82, 2.24) is 5.32 Å². The molecule has 37 heavy (non-hydrogen) atoms. The van der Waals surface area contributed by atoms with E-state index in [1.54, 1.807) is 25.7 Å². The molecule has 0 aromatic heterocycles. The number of benzene rings is 2. The van der Waals surface area contributed by atoms with Crippen molar-refractivity contribution in [1.29, 1.82) is 0 Å². The third-order valence-corrected chi connectivity index (χ3v) is 9.22. The molecule has 2 saturated heterocycles. The highest BCUT2D eigenvalue weighted by molar-refractivity contribution is 8.16. The standard InChI is InChI=1S/C25H27ClFN3O5S2/c1-25(2,3)35-24(32)28-19(11-15-7-5-4-6-8-15)22(31)29-23-30(16-9-10-18(27)17(26)12-16)20-13-37(33,34)14-21(20)36-23/h4-10,12,19-21H,11,13-14H2,1-3H3,(H,28,32)/t19-,20+,21-/m0/s1. The molecule has 8 nitrogen and oxygen atoms in total.